The van der Waals surface area contributed by atoms with Crippen molar-refractivity contribution in [3.05, 3.63) is 28.8 Å². The molecule has 0 aliphatic carbocycles. The van der Waals surface area contributed by atoms with Gasteiger partial charge in [0, 0.05) is 11.6 Å². The lowest BCUT2D eigenvalue weighted by Crippen LogP contribution is -2.35. The molecule has 98 valence electrons. The maximum absolute atomic E-state index is 11.9. The molecule has 1 fully saturated rings. The molecule has 1 aliphatic heterocycles. The highest BCUT2D eigenvalue weighted by Gasteiger charge is 2.29. The van der Waals surface area contributed by atoms with Crippen LogP contribution in [0.4, 0.5) is 5.69 Å². The van der Waals surface area contributed by atoms with Gasteiger partial charge in [-0.15, -0.1) is 0 Å². The van der Waals surface area contributed by atoms with Crippen LogP contribution < -0.4 is 11.1 Å². The average Bonchev–Trinajstić information content (AvgIpc) is 2.62. The Morgan fingerprint density at radius 2 is 2.17 bits per heavy atom. The Kier molecular flexibility index (Phi) is 3.49. The van der Waals surface area contributed by atoms with Gasteiger partial charge in [-0.1, -0.05) is 11.6 Å². The summed E-state index contributed by atoms with van der Waals surface area (Å²) in [4.78, 5) is 11.9. The lowest BCUT2D eigenvalue weighted by atomic mass is 10.1. The summed E-state index contributed by atoms with van der Waals surface area (Å²) >= 11 is 5.76. The van der Waals surface area contributed by atoms with Gasteiger partial charge in [0.15, 0.2) is 9.84 Å². The fraction of sp³-hybridized carbons (Fsp3) is 0.364. The lowest BCUT2D eigenvalue weighted by molar-refractivity contribution is 0.0941. The molecule has 3 N–H and O–H groups in total. The van der Waals surface area contributed by atoms with E-state index in [4.69, 9.17) is 17.3 Å². The van der Waals surface area contributed by atoms with Gasteiger partial charge in [0.05, 0.1) is 22.2 Å². The Morgan fingerprint density at radius 1 is 1.44 bits per heavy atom. The number of nitrogen functional groups attached to an aromatic ring is 1. The molecule has 1 unspecified atom stereocenters. The first kappa shape index (κ1) is 13.2. The highest BCUT2D eigenvalue weighted by molar-refractivity contribution is 7.91. The second-order valence-electron chi connectivity index (χ2n) is 4.31. The number of halogens is 1. The van der Waals surface area contributed by atoms with Gasteiger partial charge in [-0.05, 0) is 24.6 Å². The van der Waals surface area contributed by atoms with Crippen molar-refractivity contribution in [2.75, 3.05) is 17.2 Å². The van der Waals surface area contributed by atoms with E-state index in [-0.39, 0.29) is 23.5 Å². The Hall–Kier alpha value is -1.27. The van der Waals surface area contributed by atoms with Crippen molar-refractivity contribution in [3.63, 3.8) is 0 Å². The van der Waals surface area contributed by atoms with Gasteiger partial charge >= 0.3 is 0 Å². The van der Waals surface area contributed by atoms with Crippen LogP contribution in [0.2, 0.25) is 5.02 Å². The maximum Gasteiger partial charge on any atom is 0.251 e. The normalized spacial score (nSPS) is 21.7. The van der Waals surface area contributed by atoms with Crippen LogP contribution in [0.5, 0.6) is 0 Å². The number of amides is 1. The molecule has 18 heavy (non-hydrogen) atoms. The molecule has 0 aromatic heterocycles. The zero-order chi connectivity index (χ0) is 13.3. The minimum atomic E-state index is -3.00. The summed E-state index contributed by atoms with van der Waals surface area (Å²) in [6.45, 7) is 0. The molecular formula is C11H13ClN2O3S. The standard InChI is InChI=1S/C11H13ClN2O3S/c12-9-2-1-7(5-10(9)13)11(15)14-8-3-4-18(16,17)6-8/h1-2,5,8H,3-4,6,13H2,(H,14,15). The predicted molar refractivity (Wildman–Crippen MR) is 70.4 cm³/mol. The number of nitrogens with two attached hydrogens (primary N) is 1. The number of sulfone groups is 1. The number of carbonyl (C=O) groups excluding carboxylic acids is 1. The zero-order valence-electron chi connectivity index (χ0n) is 9.52. The van der Waals surface area contributed by atoms with Crippen LogP contribution in [0, 0.1) is 0 Å². The summed E-state index contributed by atoms with van der Waals surface area (Å²) in [5.41, 5.74) is 6.30. The SMILES string of the molecule is Nc1cc(C(=O)NC2CCS(=O)(=O)C2)ccc1Cl. The monoisotopic (exact) mass is 288 g/mol. The van der Waals surface area contributed by atoms with E-state index < -0.39 is 9.84 Å². The van der Waals surface area contributed by atoms with Crippen LogP contribution in [0.1, 0.15) is 16.8 Å². The molecule has 1 aromatic rings. The second kappa shape index (κ2) is 4.78. The Balaban J connectivity index is 2.06. The van der Waals surface area contributed by atoms with Crippen molar-refractivity contribution < 1.29 is 13.2 Å². The first-order chi connectivity index (χ1) is 8.37. The van der Waals surface area contributed by atoms with E-state index in [0.717, 1.165) is 0 Å². The smallest absolute Gasteiger partial charge is 0.251 e. The summed E-state index contributed by atoms with van der Waals surface area (Å²) in [6.07, 6.45) is 0.456. The Morgan fingerprint density at radius 3 is 2.72 bits per heavy atom. The first-order valence-corrected chi connectivity index (χ1v) is 7.64. The number of benzene rings is 1. The number of anilines is 1. The molecule has 0 spiro atoms. The molecule has 1 aliphatic rings. The molecule has 5 nitrogen and oxygen atoms in total. The molecule has 1 aromatic carbocycles. The van der Waals surface area contributed by atoms with Crippen molar-refractivity contribution in [1.29, 1.82) is 0 Å². The Bertz CT molecular complexity index is 586. The van der Waals surface area contributed by atoms with Gasteiger partial charge < -0.3 is 11.1 Å². The van der Waals surface area contributed by atoms with Crippen LogP contribution in [0.15, 0.2) is 18.2 Å². The van der Waals surface area contributed by atoms with Crippen molar-refractivity contribution in [2.24, 2.45) is 0 Å². The minimum absolute atomic E-state index is 0.00180. The van der Waals surface area contributed by atoms with E-state index in [1.54, 1.807) is 6.07 Å². The highest BCUT2D eigenvalue weighted by Crippen LogP contribution is 2.20. The van der Waals surface area contributed by atoms with E-state index in [2.05, 4.69) is 5.32 Å². The molecule has 0 bridgehead atoms. The zero-order valence-corrected chi connectivity index (χ0v) is 11.1. The van der Waals surface area contributed by atoms with Crippen molar-refractivity contribution in [1.82, 2.24) is 5.32 Å². The van der Waals surface area contributed by atoms with E-state index in [1.807, 2.05) is 0 Å². The summed E-state index contributed by atoms with van der Waals surface area (Å²) in [5, 5.41) is 3.06. The fourth-order valence-corrected chi connectivity index (χ4v) is 3.65. The molecule has 0 radical (unpaired) electrons. The van der Waals surface area contributed by atoms with Crippen LogP contribution in [-0.2, 0) is 9.84 Å². The molecular weight excluding hydrogens is 276 g/mol. The maximum atomic E-state index is 11.9. The quantitative estimate of drug-likeness (QED) is 0.789. The number of carbonyl (C=O) groups is 1. The van der Waals surface area contributed by atoms with Crippen molar-refractivity contribution in [3.8, 4) is 0 Å². The molecule has 1 atom stereocenters. The topological polar surface area (TPSA) is 89.3 Å². The van der Waals surface area contributed by atoms with Gasteiger partial charge in [-0.3, -0.25) is 4.79 Å². The number of hydrogen-bond acceptors (Lipinski definition) is 4. The molecule has 1 saturated heterocycles. The van der Waals surface area contributed by atoms with Crippen LogP contribution in [0.25, 0.3) is 0 Å². The van der Waals surface area contributed by atoms with Crippen molar-refractivity contribution in [2.45, 2.75) is 12.5 Å². The third-order valence-corrected chi connectivity index (χ3v) is 4.94. The summed E-state index contributed by atoms with van der Waals surface area (Å²) in [7, 11) is -3.00. The molecule has 1 amide bonds. The molecule has 1 heterocycles. The summed E-state index contributed by atoms with van der Waals surface area (Å²) in [5.74, 6) is -0.205. The molecule has 2 rings (SSSR count). The number of hydrogen-bond donors (Lipinski definition) is 2. The van der Waals surface area contributed by atoms with E-state index in [0.29, 0.717) is 22.7 Å². The third kappa shape index (κ3) is 2.94. The third-order valence-electron chi connectivity index (χ3n) is 2.83. The first-order valence-electron chi connectivity index (χ1n) is 5.44. The van der Waals surface area contributed by atoms with Crippen LogP contribution >= 0.6 is 11.6 Å². The minimum Gasteiger partial charge on any atom is -0.398 e. The number of nitrogens with one attached hydrogen (secondary N) is 1. The molecule has 7 heteroatoms. The van der Waals surface area contributed by atoms with Crippen LogP contribution in [-0.4, -0.2) is 31.9 Å². The lowest BCUT2D eigenvalue weighted by Gasteiger charge is -2.11. The van der Waals surface area contributed by atoms with Gasteiger partial charge in [-0.2, -0.15) is 0 Å². The van der Waals surface area contributed by atoms with E-state index in [1.165, 1.54) is 12.1 Å². The highest BCUT2D eigenvalue weighted by atomic mass is 35.5. The summed E-state index contributed by atoms with van der Waals surface area (Å²) in [6, 6.07) is 4.25. The average molecular weight is 289 g/mol. The summed E-state index contributed by atoms with van der Waals surface area (Å²) < 4.78 is 22.5. The Labute approximate surface area is 110 Å². The predicted octanol–water partition coefficient (Wildman–Crippen LogP) is 0.839. The molecule has 0 saturated carbocycles. The van der Waals surface area contributed by atoms with Crippen molar-refractivity contribution >= 4 is 33.0 Å². The van der Waals surface area contributed by atoms with Crippen LogP contribution in [0.3, 0.4) is 0 Å². The van der Waals surface area contributed by atoms with E-state index >= 15 is 0 Å². The van der Waals surface area contributed by atoms with Gasteiger partial charge in [0.25, 0.3) is 5.91 Å². The van der Waals surface area contributed by atoms with E-state index in [9.17, 15) is 13.2 Å². The number of rotatable bonds is 2. The van der Waals surface area contributed by atoms with Gasteiger partial charge in [0.1, 0.15) is 0 Å². The van der Waals surface area contributed by atoms with Gasteiger partial charge in [-0.25, -0.2) is 8.42 Å². The largest absolute Gasteiger partial charge is 0.398 e. The second-order valence-corrected chi connectivity index (χ2v) is 6.95. The van der Waals surface area contributed by atoms with Gasteiger partial charge in [0.2, 0.25) is 0 Å². The fourth-order valence-electron chi connectivity index (χ4n) is 1.86.